The Morgan fingerprint density at radius 1 is 1.64 bits per heavy atom. The zero-order valence-corrected chi connectivity index (χ0v) is 11.2. The summed E-state index contributed by atoms with van der Waals surface area (Å²) in [5.41, 5.74) is 0. The van der Waals surface area contributed by atoms with Crippen LogP contribution in [0.1, 0.15) is 26.2 Å². The Balaban J connectivity index is 2.56. The van der Waals surface area contributed by atoms with Gasteiger partial charge in [-0.05, 0) is 26.2 Å². The van der Waals surface area contributed by atoms with Crippen molar-refractivity contribution < 1.29 is 14.3 Å². The molecular formula is C9H19NO3Si. The van der Waals surface area contributed by atoms with E-state index in [-0.39, 0.29) is 11.4 Å². The molecule has 14 heavy (non-hydrogen) atoms. The molecule has 0 radical (unpaired) electrons. The molecule has 0 aromatic carbocycles. The van der Waals surface area contributed by atoms with Gasteiger partial charge in [-0.2, -0.15) is 0 Å². The summed E-state index contributed by atoms with van der Waals surface area (Å²) in [6, 6.07) is 0. The molecule has 1 aliphatic rings. The summed E-state index contributed by atoms with van der Waals surface area (Å²) >= 11 is 0. The molecule has 1 amide bonds. The van der Waals surface area contributed by atoms with Crippen LogP contribution >= 0.6 is 0 Å². The van der Waals surface area contributed by atoms with Gasteiger partial charge in [-0.15, -0.1) is 0 Å². The number of amides is 1. The highest BCUT2D eigenvalue weighted by atomic mass is 28.1. The molecule has 1 saturated heterocycles. The standard InChI is InChI=1S/C9H19NO3Si/c1-3-12-8(11)10(2)9(14)6-4-5-7-13-9/h3-7H2,1-2,14H3. The quantitative estimate of drug-likeness (QED) is 0.624. The molecule has 82 valence electrons. The number of nitrogens with zero attached hydrogens (tertiary/aromatic N) is 1. The Morgan fingerprint density at radius 2 is 2.36 bits per heavy atom. The molecule has 1 aliphatic heterocycles. The minimum absolute atomic E-state index is 0.274. The average Bonchev–Trinajstić information content (AvgIpc) is 2.18. The summed E-state index contributed by atoms with van der Waals surface area (Å²) in [4.78, 5) is 13.1. The maximum absolute atomic E-state index is 11.5. The summed E-state index contributed by atoms with van der Waals surface area (Å²) in [6.07, 6.45) is 2.90. The van der Waals surface area contributed by atoms with Gasteiger partial charge in [0.2, 0.25) is 0 Å². The molecule has 0 N–H and O–H groups in total. The van der Waals surface area contributed by atoms with E-state index in [4.69, 9.17) is 9.47 Å². The van der Waals surface area contributed by atoms with Crippen LogP contribution in [0, 0.1) is 0 Å². The van der Waals surface area contributed by atoms with Gasteiger partial charge in [0, 0.05) is 13.7 Å². The van der Waals surface area contributed by atoms with Crippen molar-refractivity contribution in [2.45, 2.75) is 31.5 Å². The molecule has 1 heterocycles. The van der Waals surface area contributed by atoms with Crippen molar-refractivity contribution in [3.05, 3.63) is 0 Å². The summed E-state index contributed by atoms with van der Waals surface area (Å²) in [6.45, 7) is 2.99. The lowest BCUT2D eigenvalue weighted by Crippen LogP contribution is -2.54. The van der Waals surface area contributed by atoms with Crippen LogP contribution in [0.15, 0.2) is 0 Å². The Bertz CT molecular complexity index is 204. The molecule has 1 fully saturated rings. The van der Waals surface area contributed by atoms with Crippen LogP contribution in [0.2, 0.25) is 0 Å². The molecule has 1 unspecified atom stereocenters. The van der Waals surface area contributed by atoms with Gasteiger partial charge < -0.3 is 9.47 Å². The molecule has 1 atom stereocenters. The molecule has 1 rings (SSSR count). The highest BCUT2D eigenvalue weighted by Crippen LogP contribution is 2.24. The van der Waals surface area contributed by atoms with E-state index in [2.05, 4.69) is 0 Å². The van der Waals surface area contributed by atoms with Crippen molar-refractivity contribution in [2.75, 3.05) is 20.3 Å². The highest BCUT2D eigenvalue weighted by molar-refractivity contribution is 6.15. The van der Waals surface area contributed by atoms with Crippen molar-refractivity contribution in [2.24, 2.45) is 0 Å². The number of rotatable bonds is 2. The Kier molecular flexibility index (Phi) is 3.94. The smallest absolute Gasteiger partial charge is 0.411 e. The van der Waals surface area contributed by atoms with Crippen molar-refractivity contribution in [3.63, 3.8) is 0 Å². The highest BCUT2D eigenvalue weighted by Gasteiger charge is 2.35. The average molecular weight is 217 g/mol. The fraction of sp³-hybridized carbons (Fsp3) is 0.889. The van der Waals surface area contributed by atoms with E-state index in [9.17, 15) is 4.79 Å². The summed E-state index contributed by atoms with van der Waals surface area (Å²) in [5, 5.41) is -0.343. The van der Waals surface area contributed by atoms with Gasteiger partial charge in [0.25, 0.3) is 0 Å². The number of ether oxygens (including phenoxy) is 2. The third-order valence-corrected chi connectivity index (χ3v) is 4.16. The summed E-state index contributed by atoms with van der Waals surface area (Å²) in [7, 11) is 2.58. The van der Waals surface area contributed by atoms with Gasteiger partial charge in [-0.25, -0.2) is 4.79 Å². The Labute approximate surface area is 88.0 Å². The Hall–Kier alpha value is -0.553. The molecule has 0 bridgehead atoms. The van der Waals surface area contributed by atoms with Crippen LogP contribution in [0.25, 0.3) is 0 Å². The van der Waals surface area contributed by atoms with Crippen molar-refractivity contribution in [3.8, 4) is 0 Å². The number of carbonyl (C=O) groups is 1. The summed E-state index contributed by atoms with van der Waals surface area (Å²) in [5.74, 6) is 0. The van der Waals surface area contributed by atoms with Crippen molar-refractivity contribution in [1.29, 1.82) is 0 Å². The van der Waals surface area contributed by atoms with E-state index in [0.717, 1.165) is 36.1 Å². The zero-order valence-electron chi connectivity index (χ0n) is 9.21. The molecular weight excluding hydrogens is 198 g/mol. The maximum atomic E-state index is 11.5. The van der Waals surface area contributed by atoms with Gasteiger partial charge in [-0.3, -0.25) is 4.90 Å². The lowest BCUT2D eigenvalue weighted by Gasteiger charge is -2.40. The van der Waals surface area contributed by atoms with E-state index in [1.165, 1.54) is 0 Å². The lowest BCUT2D eigenvalue weighted by molar-refractivity contribution is -0.101. The zero-order chi connectivity index (χ0) is 10.6. The third-order valence-electron chi connectivity index (χ3n) is 2.70. The SMILES string of the molecule is CCOC(=O)N(C)C1([SiH3])CCCCO1. The summed E-state index contributed by atoms with van der Waals surface area (Å²) < 4.78 is 10.6. The van der Waals surface area contributed by atoms with E-state index in [0.29, 0.717) is 6.61 Å². The first-order chi connectivity index (χ1) is 6.60. The number of hydrogen-bond acceptors (Lipinski definition) is 3. The van der Waals surface area contributed by atoms with Gasteiger partial charge in [-0.1, -0.05) is 0 Å². The molecule has 0 saturated carbocycles. The second-order valence-electron chi connectivity index (χ2n) is 3.74. The van der Waals surface area contributed by atoms with Crippen LogP contribution in [-0.4, -0.2) is 46.8 Å². The largest absolute Gasteiger partial charge is 0.450 e. The first-order valence-electron chi connectivity index (χ1n) is 5.14. The molecule has 0 aromatic rings. The van der Waals surface area contributed by atoms with Crippen LogP contribution in [0.5, 0.6) is 0 Å². The third kappa shape index (κ3) is 2.48. The number of hydrogen-bond donors (Lipinski definition) is 0. The molecule has 0 aromatic heterocycles. The van der Waals surface area contributed by atoms with E-state index < -0.39 is 0 Å². The molecule has 0 aliphatic carbocycles. The topological polar surface area (TPSA) is 38.8 Å². The van der Waals surface area contributed by atoms with Crippen LogP contribution in [0.4, 0.5) is 4.79 Å². The minimum atomic E-state index is -0.343. The van der Waals surface area contributed by atoms with E-state index >= 15 is 0 Å². The number of carbonyl (C=O) groups excluding carboxylic acids is 1. The van der Waals surface area contributed by atoms with Gasteiger partial charge in [0.1, 0.15) is 5.35 Å². The Morgan fingerprint density at radius 3 is 2.86 bits per heavy atom. The van der Waals surface area contributed by atoms with Crippen LogP contribution < -0.4 is 0 Å². The van der Waals surface area contributed by atoms with Crippen LogP contribution in [-0.2, 0) is 9.47 Å². The molecule has 5 heteroatoms. The predicted octanol–water partition coefficient (Wildman–Crippen LogP) is 0.294. The first-order valence-corrected chi connectivity index (χ1v) is 6.14. The van der Waals surface area contributed by atoms with Crippen molar-refractivity contribution in [1.82, 2.24) is 4.90 Å². The second-order valence-corrected chi connectivity index (χ2v) is 5.30. The minimum Gasteiger partial charge on any atom is -0.450 e. The fourth-order valence-electron chi connectivity index (χ4n) is 1.60. The van der Waals surface area contributed by atoms with Crippen LogP contribution in [0.3, 0.4) is 0 Å². The predicted molar refractivity (Wildman–Crippen MR) is 57.3 cm³/mol. The maximum Gasteiger partial charge on any atom is 0.411 e. The molecule has 4 nitrogen and oxygen atoms in total. The van der Waals surface area contributed by atoms with E-state index in [1.807, 2.05) is 6.92 Å². The van der Waals surface area contributed by atoms with Gasteiger partial charge in [0.15, 0.2) is 0 Å². The fourth-order valence-corrected chi connectivity index (χ4v) is 2.34. The van der Waals surface area contributed by atoms with Crippen molar-refractivity contribution >= 4 is 16.3 Å². The second kappa shape index (κ2) is 4.79. The molecule has 0 spiro atoms. The van der Waals surface area contributed by atoms with Gasteiger partial charge >= 0.3 is 6.09 Å². The monoisotopic (exact) mass is 217 g/mol. The lowest BCUT2D eigenvalue weighted by atomic mass is 10.1. The van der Waals surface area contributed by atoms with Gasteiger partial charge in [0.05, 0.1) is 16.8 Å². The normalized spacial score (nSPS) is 27.3. The first kappa shape index (κ1) is 11.5. The van der Waals surface area contributed by atoms with E-state index in [1.54, 1.807) is 11.9 Å².